The molecule has 0 bridgehead atoms. The van der Waals surface area contributed by atoms with Crippen molar-refractivity contribution in [3.05, 3.63) is 118 Å². The molecule has 0 saturated heterocycles. The number of aromatic nitrogens is 2. The average molecular weight is 427 g/mol. The molecule has 0 aliphatic heterocycles. The van der Waals surface area contributed by atoms with Gasteiger partial charge < -0.3 is 9.47 Å². The van der Waals surface area contributed by atoms with Crippen LogP contribution in [-0.2, 0) is 13.2 Å². The number of hydrogen-bond acceptors (Lipinski definition) is 4. The lowest BCUT2D eigenvalue weighted by Crippen LogP contribution is -2.04. The molecule has 0 spiro atoms. The molecule has 0 aliphatic carbocycles. The largest absolute Gasteiger partial charge is 0.483 e. The Morgan fingerprint density at radius 3 is 1.94 bits per heavy atom. The minimum absolute atomic E-state index is 0.330. The average Bonchev–Trinajstić information content (AvgIpc) is 2.83. The minimum atomic E-state index is 0.330. The third-order valence-corrected chi connectivity index (χ3v) is 4.61. The summed E-state index contributed by atoms with van der Waals surface area (Å²) in [5.74, 6) is 6.90. The van der Waals surface area contributed by atoms with E-state index in [9.17, 15) is 0 Å². The Morgan fingerprint density at radius 1 is 0.677 bits per heavy atom. The van der Waals surface area contributed by atoms with Gasteiger partial charge in [0, 0.05) is 16.7 Å². The van der Waals surface area contributed by atoms with E-state index in [0.717, 1.165) is 16.7 Å². The summed E-state index contributed by atoms with van der Waals surface area (Å²) >= 11 is 5.93. The van der Waals surface area contributed by atoms with E-state index in [-0.39, 0.29) is 0 Å². The summed E-state index contributed by atoms with van der Waals surface area (Å²) in [6.07, 6.45) is 0. The summed E-state index contributed by atoms with van der Waals surface area (Å²) in [5, 5.41) is 9.06. The van der Waals surface area contributed by atoms with Crippen LogP contribution < -0.4 is 9.47 Å². The molecular formula is C26H19ClN2O2. The fraction of sp³-hybridized carbons (Fsp3) is 0.0769. The molecular weight excluding hydrogens is 408 g/mol. The summed E-state index contributed by atoms with van der Waals surface area (Å²) in [6, 6.07) is 28.8. The van der Waals surface area contributed by atoms with Gasteiger partial charge in [-0.05, 0) is 41.3 Å². The zero-order chi connectivity index (χ0) is 21.3. The lowest BCUT2D eigenvalue weighted by atomic mass is 10.2. The highest BCUT2D eigenvalue weighted by atomic mass is 35.5. The van der Waals surface area contributed by atoms with E-state index in [1.54, 1.807) is 18.2 Å². The van der Waals surface area contributed by atoms with Crippen LogP contribution in [0.5, 0.6) is 11.6 Å². The Hall–Kier alpha value is -3.81. The van der Waals surface area contributed by atoms with Crippen LogP contribution in [0.4, 0.5) is 0 Å². The highest BCUT2D eigenvalue weighted by Gasteiger charge is 2.11. The van der Waals surface area contributed by atoms with E-state index in [2.05, 4.69) is 22.0 Å². The number of hydrogen-bond donors (Lipinski definition) is 0. The predicted molar refractivity (Wildman–Crippen MR) is 121 cm³/mol. The van der Waals surface area contributed by atoms with E-state index >= 15 is 0 Å². The molecule has 1 heterocycles. The molecule has 1 aromatic heterocycles. The van der Waals surface area contributed by atoms with Crippen molar-refractivity contribution in [3.63, 3.8) is 0 Å². The molecule has 0 fully saturated rings. The highest BCUT2D eigenvalue weighted by Crippen LogP contribution is 2.26. The lowest BCUT2D eigenvalue weighted by molar-refractivity contribution is 0.244. The van der Waals surface area contributed by atoms with Gasteiger partial charge >= 0.3 is 0 Å². The minimum Gasteiger partial charge on any atom is -0.483 e. The van der Waals surface area contributed by atoms with E-state index in [1.807, 2.05) is 72.8 Å². The maximum absolute atomic E-state index is 6.01. The number of benzene rings is 3. The summed E-state index contributed by atoms with van der Waals surface area (Å²) in [6.45, 7) is 0.755. The maximum Gasteiger partial charge on any atom is 0.276 e. The van der Waals surface area contributed by atoms with Gasteiger partial charge in [-0.25, -0.2) is 0 Å². The lowest BCUT2D eigenvalue weighted by Gasteiger charge is -2.11. The summed E-state index contributed by atoms with van der Waals surface area (Å²) in [4.78, 5) is 0. The number of rotatable bonds is 6. The molecule has 0 amide bonds. The van der Waals surface area contributed by atoms with Gasteiger partial charge in [0.05, 0.1) is 0 Å². The molecule has 152 valence electrons. The van der Waals surface area contributed by atoms with E-state index in [1.165, 1.54) is 0 Å². The first-order chi connectivity index (χ1) is 15.3. The van der Waals surface area contributed by atoms with Gasteiger partial charge in [-0.15, -0.1) is 10.2 Å². The topological polar surface area (TPSA) is 44.2 Å². The van der Waals surface area contributed by atoms with Crippen molar-refractivity contribution in [2.75, 3.05) is 0 Å². The third kappa shape index (κ3) is 6.08. The van der Waals surface area contributed by atoms with Crippen LogP contribution in [0.1, 0.15) is 22.4 Å². The molecule has 0 radical (unpaired) electrons. The molecule has 3 aromatic carbocycles. The van der Waals surface area contributed by atoms with Gasteiger partial charge in [-0.2, -0.15) is 0 Å². The third-order valence-electron chi connectivity index (χ3n) is 4.36. The predicted octanol–water partition coefficient (Wildman–Crippen LogP) is 5.69. The van der Waals surface area contributed by atoms with Crippen molar-refractivity contribution in [3.8, 4) is 23.5 Å². The Labute approximate surface area is 186 Å². The Kier molecular flexibility index (Phi) is 6.79. The molecule has 0 saturated carbocycles. The number of ether oxygens (including phenoxy) is 2. The van der Waals surface area contributed by atoms with Crippen LogP contribution in [0.15, 0.2) is 91.0 Å². The number of halogens is 1. The van der Waals surface area contributed by atoms with E-state index < -0.39 is 0 Å². The second kappa shape index (κ2) is 10.3. The quantitative estimate of drug-likeness (QED) is 0.371. The highest BCUT2D eigenvalue weighted by molar-refractivity contribution is 6.30. The van der Waals surface area contributed by atoms with Crippen LogP contribution in [-0.4, -0.2) is 10.2 Å². The first kappa shape index (κ1) is 20.5. The van der Waals surface area contributed by atoms with Gasteiger partial charge in [-0.3, -0.25) is 0 Å². The zero-order valence-corrected chi connectivity index (χ0v) is 17.4. The standard InChI is InChI=1S/C26H19ClN2O2/c27-23-14-11-20(12-15-23)13-16-24-17-25(30-18-21-7-3-1-4-8-21)26(29-28-24)31-19-22-9-5-2-6-10-22/h1-12,14-15,17H,18-19H2. The molecule has 5 heteroatoms. The van der Waals surface area contributed by atoms with Gasteiger partial charge in [0.15, 0.2) is 5.75 Å². The van der Waals surface area contributed by atoms with Crippen molar-refractivity contribution in [2.45, 2.75) is 13.2 Å². The van der Waals surface area contributed by atoms with Crippen LogP contribution in [0.3, 0.4) is 0 Å². The van der Waals surface area contributed by atoms with Crippen molar-refractivity contribution >= 4 is 11.6 Å². The summed E-state index contributed by atoms with van der Waals surface area (Å²) < 4.78 is 11.9. The van der Waals surface area contributed by atoms with Crippen LogP contribution in [0.2, 0.25) is 5.02 Å². The summed E-state index contributed by atoms with van der Waals surface area (Å²) in [5.41, 5.74) is 3.40. The van der Waals surface area contributed by atoms with Crippen LogP contribution in [0.25, 0.3) is 0 Å². The van der Waals surface area contributed by atoms with Crippen molar-refractivity contribution in [1.82, 2.24) is 10.2 Å². The molecule has 4 rings (SSSR count). The van der Waals surface area contributed by atoms with Crippen LogP contribution >= 0.6 is 11.6 Å². The first-order valence-corrected chi connectivity index (χ1v) is 10.1. The SMILES string of the molecule is Clc1ccc(C#Cc2cc(OCc3ccccc3)c(OCc3ccccc3)nn2)cc1. The fourth-order valence-electron chi connectivity index (χ4n) is 2.76. The Bertz CT molecular complexity index is 1190. The van der Waals surface area contributed by atoms with Gasteiger partial charge in [0.1, 0.15) is 18.9 Å². The van der Waals surface area contributed by atoms with E-state index in [0.29, 0.717) is 35.6 Å². The van der Waals surface area contributed by atoms with Crippen molar-refractivity contribution in [1.29, 1.82) is 0 Å². The molecule has 0 aliphatic rings. The van der Waals surface area contributed by atoms with Crippen molar-refractivity contribution in [2.24, 2.45) is 0 Å². The second-order valence-electron chi connectivity index (χ2n) is 6.70. The first-order valence-electron chi connectivity index (χ1n) is 9.75. The molecule has 4 aromatic rings. The Morgan fingerprint density at radius 2 is 1.29 bits per heavy atom. The fourth-order valence-corrected chi connectivity index (χ4v) is 2.88. The van der Waals surface area contributed by atoms with Crippen LogP contribution in [0, 0.1) is 11.8 Å². The van der Waals surface area contributed by atoms with E-state index in [4.69, 9.17) is 21.1 Å². The van der Waals surface area contributed by atoms with Gasteiger partial charge in [-0.1, -0.05) is 78.2 Å². The van der Waals surface area contributed by atoms with Gasteiger partial charge in [0.2, 0.25) is 0 Å². The molecule has 0 atom stereocenters. The normalized spacial score (nSPS) is 10.1. The zero-order valence-electron chi connectivity index (χ0n) is 16.7. The summed E-state index contributed by atoms with van der Waals surface area (Å²) in [7, 11) is 0. The van der Waals surface area contributed by atoms with Gasteiger partial charge in [0.25, 0.3) is 5.88 Å². The number of nitrogens with zero attached hydrogens (tertiary/aromatic N) is 2. The Balaban J connectivity index is 1.55. The molecule has 4 nitrogen and oxygen atoms in total. The second-order valence-corrected chi connectivity index (χ2v) is 7.14. The monoisotopic (exact) mass is 426 g/mol. The van der Waals surface area contributed by atoms with Crippen molar-refractivity contribution < 1.29 is 9.47 Å². The maximum atomic E-state index is 6.01. The molecule has 0 N–H and O–H groups in total. The smallest absolute Gasteiger partial charge is 0.276 e. The molecule has 31 heavy (non-hydrogen) atoms. The molecule has 0 unspecified atom stereocenters.